The Morgan fingerprint density at radius 3 is 2.90 bits per heavy atom. The predicted octanol–water partition coefficient (Wildman–Crippen LogP) is 0.170. The molecule has 9 heteroatoms. The molecule has 1 unspecified atom stereocenters. The molecule has 1 heterocycles. The van der Waals surface area contributed by atoms with Gasteiger partial charge < -0.3 is 10.1 Å². The van der Waals surface area contributed by atoms with E-state index in [1.54, 1.807) is 0 Å². The average Bonchev–Trinajstić information content (AvgIpc) is 2.46. The second-order valence-corrected chi connectivity index (χ2v) is 6.47. The Balaban J connectivity index is 2.15. The van der Waals surface area contributed by atoms with Crippen molar-refractivity contribution in [3.63, 3.8) is 0 Å². The molecule has 116 valence electrons. The van der Waals surface area contributed by atoms with E-state index < -0.39 is 14.9 Å². The number of nitro groups is 1. The van der Waals surface area contributed by atoms with Crippen LogP contribution in [0, 0.1) is 17.0 Å². The predicted molar refractivity (Wildman–Crippen MR) is 75.6 cm³/mol. The van der Waals surface area contributed by atoms with Gasteiger partial charge in [-0.2, -0.15) is 0 Å². The van der Waals surface area contributed by atoms with Gasteiger partial charge in [0.15, 0.2) is 0 Å². The number of nitro benzene ring substituents is 1. The Morgan fingerprint density at radius 2 is 2.29 bits per heavy atom. The van der Waals surface area contributed by atoms with Crippen LogP contribution in [0.25, 0.3) is 0 Å². The van der Waals surface area contributed by atoms with Crippen LogP contribution >= 0.6 is 0 Å². The van der Waals surface area contributed by atoms with E-state index in [1.807, 2.05) is 0 Å². The van der Waals surface area contributed by atoms with E-state index in [1.165, 1.54) is 25.1 Å². The van der Waals surface area contributed by atoms with Crippen LogP contribution in [0.4, 0.5) is 5.69 Å². The number of ether oxygens (including phenoxy) is 1. The number of hydrogen-bond acceptors (Lipinski definition) is 6. The fourth-order valence-electron chi connectivity index (χ4n) is 2.13. The molecule has 21 heavy (non-hydrogen) atoms. The van der Waals surface area contributed by atoms with E-state index in [4.69, 9.17) is 4.74 Å². The highest BCUT2D eigenvalue weighted by Crippen LogP contribution is 2.24. The Hall–Kier alpha value is -1.55. The van der Waals surface area contributed by atoms with Gasteiger partial charge in [0.2, 0.25) is 10.0 Å². The molecule has 0 saturated carbocycles. The Morgan fingerprint density at radius 1 is 1.52 bits per heavy atom. The first-order valence-corrected chi connectivity index (χ1v) is 7.95. The normalized spacial score (nSPS) is 19.4. The summed E-state index contributed by atoms with van der Waals surface area (Å²) in [6, 6.07) is 3.90. The van der Waals surface area contributed by atoms with Crippen LogP contribution in [0.2, 0.25) is 0 Å². The van der Waals surface area contributed by atoms with Crippen LogP contribution in [-0.2, 0) is 14.8 Å². The molecule has 0 spiro atoms. The topological polar surface area (TPSA) is 111 Å². The second-order valence-electron chi connectivity index (χ2n) is 4.74. The van der Waals surface area contributed by atoms with Gasteiger partial charge >= 0.3 is 0 Å². The van der Waals surface area contributed by atoms with Gasteiger partial charge in [-0.15, -0.1) is 0 Å². The van der Waals surface area contributed by atoms with Crippen LogP contribution in [-0.4, -0.2) is 45.7 Å². The number of sulfonamides is 1. The lowest BCUT2D eigenvalue weighted by molar-refractivity contribution is -0.385. The monoisotopic (exact) mass is 315 g/mol. The van der Waals surface area contributed by atoms with E-state index in [9.17, 15) is 18.5 Å². The minimum Gasteiger partial charge on any atom is -0.378 e. The molecule has 1 aromatic rings. The molecule has 0 aliphatic carbocycles. The third kappa shape index (κ3) is 3.76. The summed E-state index contributed by atoms with van der Waals surface area (Å²) in [5, 5.41) is 14.0. The van der Waals surface area contributed by atoms with Gasteiger partial charge in [0.1, 0.15) is 0 Å². The average molecular weight is 315 g/mol. The number of hydrogen-bond donors (Lipinski definition) is 2. The van der Waals surface area contributed by atoms with Crippen molar-refractivity contribution >= 4 is 15.7 Å². The van der Waals surface area contributed by atoms with Crippen LogP contribution < -0.4 is 10.0 Å². The zero-order chi connectivity index (χ0) is 15.5. The summed E-state index contributed by atoms with van der Waals surface area (Å²) in [4.78, 5) is 10.2. The van der Waals surface area contributed by atoms with Crippen molar-refractivity contribution in [3.8, 4) is 0 Å². The standard InChI is InChI=1S/C12H17N3O5S/c1-9-11(15(16)17)3-2-4-12(9)21(18,19)14-7-10-8-20-6-5-13-10/h2-4,10,13-14H,5-8H2,1H3. The van der Waals surface area contributed by atoms with E-state index in [-0.39, 0.29) is 28.7 Å². The van der Waals surface area contributed by atoms with Crippen molar-refractivity contribution in [2.24, 2.45) is 0 Å². The van der Waals surface area contributed by atoms with Crippen molar-refractivity contribution in [3.05, 3.63) is 33.9 Å². The lowest BCUT2D eigenvalue weighted by atomic mass is 10.2. The maximum atomic E-state index is 12.3. The lowest BCUT2D eigenvalue weighted by Gasteiger charge is -2.24. The number of nitrogens with zero attached hydrogens (tertiary/aromatic N) is 1. The van der Waals surface area contributed by atoms with E-state index in [0.29, 0.717) is 19.8 Å². The Bertz CT molecular complexity index is 626. The van der Waals surface area contributed by atoms with Crippen molar-refractivity contribution in [2.75, 3.05) is 26.3 Å². The van der Waals surface area contributed by atoms with Gasteiger partial charge in [-0.25, -0.2) is 13.1 Å². The zero-order valence-corrected chi connectivity index (χ0v) is 12.4. The van der Waals surface area contributed by atoms with Crippen molar-refractivity contribution in [2.45, 2.75) is 17.9 Å². The highest BCUT2D eigenvalue weighted by Gasteiger charge is 2.24. The molecule has 1 aliphatic rings. The molecular formula is C12H17N3O5S. The maximum Gasteiger partial charge on any atom is 0.273 e. The Labute approximate surface area is 122 Å². The minimum atomic E-state index is -3.80. The third-order valence-corrected chi connectivity index (χ3v) is 4.83. The van der Waals surface area contributed by atoms with Gasteiger partial charge in [0.05, 0.1) is 23.0 Å². The molecule has 2 N–H and O–H groups in total. The molecule has 1 saturated heterocycles. The summed E-state index contributed by atoms with van der Waals surface area (Å²) in [6.45, 7) is 3.30. The van der Waals surface area contributed by atoms with Crippen LogP contribution in [0.3, 0.4) is 0 Å². The number of benzene rings is 1. The highest BCUT2D eigenvalue weighted by molar-refractivity contribution is 7.89. The van der Waals surface area contributed by atoms with Gasteiger partial charge in [-0.05, 0) is 13.0 Å². The smallest absolute Gasteiger partial charge is 0.273 e. The minimum absolute atomic E-state index is 0.0755. The molecule has 1 atom stereocenters. The fourth-order valence-corrected chi connectivity index (χ4v) is 3.47. The van der Waals surface area contributed by atoms with Gasteiger partial charge in [-0.3, -0.25) is 10.1 Å². The molecule has 1 fully saturated rings. The van der Waals surface area contributed by atoms with Gasteiger partial charge in [-0.1, -0.05) is 6.07 Å². The quantitative estimate of drug-likeness (QED) is 0.592. The molecular weight excluding hydrogens is 298 g/mol. The van der Waals surface area contributed by atoms with Crippen LogP contribution in [0.5, 0.6) is 0 Å². The fraction of sp³-hybridized carbons (Fsp3) is 0.500. The van der Waals surface area contributed by atoms with Crippen LogP contribution in [0.15, 0.2) is 23.1 Å². The van der Waals surface area contributed by atoms with E-state index in [2.05, 4.69) is 10.0 Å². The van der Waals surface area contributed by atoms with Crippen molar-refractivity contribution in [1.82, 2.24) is 10.0 Å². The molecule has 0 radical (unpaired) electrons. The summed E-state index contributed by atoms with van der Waals surface area (Å²) in [7, 11) is -3.80. The lowest BCUT2D eigenvalue weighted by Crippen LogP contribution is -2.48. The summed E-state index contributed by atoms with van der Waals surface area (Å²) < 4.78 is 32.2. The summed E-state index contributed by atoms with van der Waals surface area (Å²) in [5.41, 5.74) is -0.0835. The molecule has 2 rings (SSSR count). The van der Waals surface area contributed by atoms with Crippen molar-refractivity contribution < 1.29 is 18.1 Å². The first kappa shape index (κ1) is 15.8. The Kier molecular flexibility index (Phi) is 4.88. The second kappa shape index (κ2) is 6.48. The number of nitrogens with one attached hydrogen (secondary N) is 2. The highest BCUT2D eigenvalue weighted by atomic mass is 32.2. The van der Waals surface area contributed by atoms with Gasteiger partial charge in [0.25, 0.3) is 5.69 Å². The van der Waals surface area contributed by atoms with E-state index >= 15 is 0 Å². The first-order chi connectivity index (χ1) is 9.92. The summed E-state index contributed by atoms with van der Waals surface area (Å²) in [6.07, 6.45) is 0. The third-order valence-electron chi connectivity index (χ3n) is 3.26. The SMILES string of the molecule is Cc1c([N+](=O)[O-])cccc1S(=O)(=O)NCC1COCCN1. The van der Waals surface area contributed by atoms with Crippen molar-refractivity contribution in [1.29, 1.82) is 0 Å². The summed E-state index contributed by atoms with van der Waals surface area (Å²) >= 11 is 0. The molecule has 1 aliphatic heterocycles. The molecule has 0 bridgehead atoms. The van der Waals surface area contributed by atoms with E-state index in [0.717, 1.165) is 0 Å². The molecule has 0 aromatic heterocycles. The largest absolute Gasteiger partial charge is 0.378 e. The molecule has 1 aromatic carbocycles. The zero-order valence-electron chi connectivity index (χ0n) is 11.5. The van der Waals surface area contributed by atoms with Gasteiger partial charge in [0, 0.05) is 30.8 Å². The number of morpholine rings is 1. The summed E-state index contributed by atoms with van der Waals surface area (Å²) in [5.74, 6) is 0. The maximum absolute atomic E-state index is 12.3. The molecule has 8 nitrogen and oxygen atoms in total. The molecule has 0 amide bonds. The first-order valence-electron chi connectivity index (χ1n) is 6.46. The number of rotatable bonds is 5. The van der Waals surface area contributed by atoms with Crippen LogP contribution in [0.1, 0.15) is 5.56 Å².